The lowest BCUT2D eigenvalue weighted by Gasteiger charge is -2.56. The molecule has 1 aromatic carbocycles. The molecule has 0 aromatic heterocycles. The van der Waals surface area contributed by atoms with Gasteiger partial charge in [-0.2, -0.15) is 0 Å². The highest BCUT2D eigenvalue weighted by Crippen LogP contribution is 2.66. The first-order valence-electron chi connectivity index (χ1n) is 14.5. The fraction of sp³-hybridized carbons (Fsp3) is 0.606. The van der Waals surface area contributed by atoms with Gasteiger partial charge in [0.15, 0.2) is 0 Å². The molecule has 0 spiro atoms. The van der Waals surface area contributed by atoms with E-state index in [0.29, 0.717) is 35.5 Å². The van der Waals surface area contributed by atoms with Crippen LogP contribution in [-0.4, -0.2) is 21.9 Å². The predicted octanol–water partition coefficient (Wildman–Crippen LogP) is 7.06. The molecule has 0 heterocycles. The van der Waals surface area contributed by atoms with Crippen LogP contribution >= 0.6 is 0 Å². The maximum atomic E-state index is 14.5. The molecule has 0 saturated heterocycles. The molecule has 4 aliphatic carbocycles. The lowest BCUT2D eigenvalue weighted by molar-refractivity contribution is -0.108. The van der Waals surface area contributed by atoms with Crippen molar-refractivity contribution in [1.29, 1.82) is 0 Å². The smallest absolute Gasteiger partial charge is 0.222 e. The number of fused-ring (bicyclic) bond motifs is 5. The number of carbonyl (C=O) groups excluding carboxylic acids is 1. The van der Waals surface area contributed by atoms with Gasteiger partial charge in [0, 0.05) is 6.42 Å². The molecule has 0 bridgehead atoms. The van der Waals surface area contributed by atoms with Crippen LogP contribution in [0.1, 0.15) is 86.6 Å². The van der Waals surface area contributed by atoms with Gasteiger partial charge in [-0.05, 0) is 147 Å². The highest BCUT2D eigenvalue weighted by atomic mass is 32.2. The maximum absolute atomic E-state index is 14.5. The highest BCUT2D eigenvalue weighted by molar-refractivity contribution is 7.95. The van der Waals surface area contributed by atoms with Crippen molar-refractivity contribution in [2.24, 2.45) is 28.6 Å². The summed E-state index contributed by atoms with van der Waals surface area (Å²) >= 11 is 0. The summed E-state index contributed by atoms with van der Waals surface area (Å²) in [6, 6.07) is 0. The third-order valence-corrected chi connectivity index (χ3v) is 13.8. The number of amides is 1. The van der Waals surface area contributed by atoms with Crippen LogP contribution in [-0.2, 0) is 19.4 Å². The van der Waals surface area contributed by atoms with Crippen molar-refractivity contribution in [2.75, 3.05) is 7.11 Å². The Labute approximate surface area is 235 Å². The molecule has 5 nitrogen and oxygen atoms in total. The first-order valence-corrected chi connectivity index (χ1v) is 16.0. The van der Waals surface area contributed by atoms with Gasteiger partial charge < -0.3 is 10.1 Å². The Morgan fingerprint density at radius 1 is 0.923 bits per heavy atom. The number of sulfone groups is 1. The molecule has 0 unspecified atom stereocenters. The normalized spacial score (nSPS) is 33.3. The molecule has 1 amide bonds. The summed E-state index contributed by atoms with van der Waals surface area (Å²) in [6.07, 6.45) is 12.0. The molecular formula is C33H45NO4S. The zero-order valence-electron chi connectivity index (χ0n) is 25.0. The molecule has 1 aromatic rings. The van der Waals surface area contributed by atoms with Crippen LogP contribution in [0.4, 0.5) is 0 Å². The highest BCUT2D eigenvalue weighted by Gasteiger charge is 2.58. The molecule has 4 aliphatic rings. The predicted molar refractivity (Wildman–Crippen MR) is 156 cm³/mol. The van der Waals surface area contributed by atoms with Gasteiger partial charge >= 0.3 is 0 Å². The third-order valence-electron chi connectivity index (χ3n) is 11.7. The quantitative estimate of drug-likeness (QED) is 0.398. The molecule has 2 saturated carbocycles. The Balaban J connectivity index is 1.60. The summed E-state index contributed by atoms with van der Waals surface area (Å²) in [5, 5.41) is 2.88. The lowest BCUT2D eigenvalue weighted by Crippen LogP contribution is -2.48. The van der Waals surface area contributed by atoms with E-state index in [1.807, 2.05) is 34.6 Å². The minimum Gasteiger partial charge on any atom is -0.501 e. The van der Waals surface area contributed by atoms with Crippen molar-refractivity contribution in [1.82, 2.24) is 5.32 Å². The van der Waals surface area contributed by atoms with Crippen molar-refractivity contribution in [2.45, 2.75) is 98.3 Å². The van der Waals surface area contributed by atoms with Crippen LogP contribution in [0.15, 0.2) is 39.0 Å². The number of allylic oxidation sites excluding steroid dienone is 5. The fourth-order valence-electron chi connectivity index (χ4n) is 9.00. The van der Waals surface area contributed by atoms with Gasteiger partial charge in [0.05, 0.1) is 17.8 Å². The van der Waals surface area contributed by atoms with E-state index in [4.69, 9.17) is 4.74 Å². The minimum absolute atomic E-state index is 0.137. The summed E-state index contributed by atoms with van der Waals surface area (Å²) in [5.41, 5.74) is 6.93. The van der Waals surface area contributed by atoms with Crippen molar-refractivity contribution < 1.29 is 17.9 Å². The molecule has 0 radical (unpaired) electrons. The molecule has 5 atom stereocenters. The van der Waals surface area contributed by atoms with E-state index >= 15 is 0 Å². The zero-order chi connectivity index (χ0) is 28.5. The Morgan fingerprint density at radius 3 is 2.15 bits per heavy atom. The Kier molecular flexibility index (Phi) is 6.97. The van der Waals surface area contributed by atoms with Gasteiger partial charge in [0.1, 0.15) is 5.03 Å². The molecule has 6 heteroatoms. The third kappa shape index (κ3) is 3.99. The van der Waals surface area contributed by atoms with Crippen molar-refractivity contribution in [3.8, 4) is 0 Å². The number of benzene rings is 1. The largest absolute Gasteiger partial charge is 0.501 e. The number of methoxy groups -OCH3 is 1. The van der Waals surface area contributed by atoms with Crippen molar-refractivity contribution >= 4 is 16.2 Å². The van der Waals surface area contributed by atoms with Gasteiger partial charge in [0.25, 0.3) is 0 Å². The monoisotopic (exact) mass is 551 g/mol. The van der Waals surface area contributed by atoms with Gasteiger partial charge in [-0.15, -0.1) is 0 Å². The Hall–Kier alpha value is -2.34. The number of carbonyl (C=O) groups is 1. The molecule has 39 heavy (non-hydrogen) atoms. The molecular weight excluding hydrogens is 506 g/mol. The number of rotatable bonds is 5. The van der Waals surface area contributed by atoms with Gasteiger partial charge in [-0.1, -0.05) is 19.9 Å². The molecule has 5 rings (SSSR count). The topological polar surface area (TPSA) is 72.5 Å². The second-order valence-corrected chi connectivity index (χ2v) is 14.8. The summed E-state index contributed by atoms with van der Waals surface area (Å²) in [6.45, 7) is 14.5. The van der Waals surface area contributed by atoms with Crippen molar-refractivity contribution in [3.63, 3.8) is 0 Å². The van der Waals surface area contributed by atoms with Gasteiger partial charge in [0.2, 0.25) is 16.2 Å². The number of hydrogen-bond acceptors (Lipinski definition) is 4. The summed E-state index contributed by atoms with van der Waals surface area (Å²) < 4.78 is 34.5. The number of hydrogen-bond donors (Lipinski definition) is 1. The second kappa shape index (κ2) is 9.64. The van der Waals surface area contributed by atoms with Crippen molar-refractivity contribution in [3.05, 3.63) is 61.9 Å². The van der Waals surface area contributed by atoms with E-state index in [9.17, 15) is 13.2 Å². The Bertz CT molecular complexity index is 1400. The standard InChI is InChI=1S/C33H45NO4S/c1-19-20(2)22(4)30(23(5)21(19)3)39(36,37)31(34-18-35)29-12-11-27-26-10-9-24-17-25(38-8)13-15-32(24,6)28(26)14-16-33(27,29)7/h9,17-18,26-28H,10-16H2,1-8H3,(H,34,35)/t26-,27-,28-,32-,33-/m0/s1. The van der Waals surface area contributed by atoms with Crippen LogP contribution in [0.25, 0.3) is 0 Å². The van der Waals surface area contributed by atoms with Crippen LogP contribution in [0.5, 0.6) is 0 Å². The van der Waals surface area contributed by atoms with Gasteiger partial charge in [-0.3, -0.25) is 4.79 Å². The van der Waals surface area contributed by atoms with Crippen LogP contribution in [0.3, 0.4) is 0 Å². The average Bonchev–Trinajstić information content (AvgIpc) is 3.25. The second-order valence-electron chi connectivity index (χ2n) is 13.0. The van der Waals surface area contributed by atoms with Crippen LogP contribution in [0, 0.1) is 63.2 Å². The average molecular weight is 552 g/mol. The molecule has 2 fully saturated rings. The number of nitrogens with one attached hydrogen (secondary N) is 1. The summed E-state index contributed by atoms with van der Waals surface area (Å²) in [5.74, 6) is 2.57. The zero-order valence-corrected chi connectivity index (χ0v) is 25.8. The van der Waals surface area contributed by atoms with Crippen LogP contribution in [0.2, 0.25) is 0 Å². The Morgan fingerprint density at radius 2 is 1.54 bits per heavy atom. The fourth-order valence-corrected chi connectivity index (χ4v) is 11.2. The number of ether oxygens (including phenoxy) is 1. The first kappa shape index (κ1) is 28.2. The van der Waals surface area contributed by atoms with E-state index < -0.39 is 9.84 Å². The van der Waals surface area contributed by atoms with Gasteiger partial charge in [-0.25, -0.2) is 8.42 Å². The van der Waals surface area contributed by atoms with E-state index in [2.05, 4.69) is 31.3 Å². The minimum atomic E-state index is -3.92. The van der Waals surface area contributed by atoms with Crippen LogP contribution < -0.4 is 5.32 Å². The molecule has 1 N–H and O–H groups in total. The lowest BCUT2D eigenvalue weighted by atomic mass is 9.48. The van der Waals surface area contributed by atoms with E-state index in [1.54, 1.807) is 7.11 Å². The molecule has 212 valence electrons. The maximum Gasteiger partial charge on any atom is 0.222 e. The first-order chi connectivity index (χ1) is 18.3. The van der Waals surface area contributed by atoms with E-state index in [-0.39, 0.29) is 15.9 Å². The molecule has 0 aliphatic heterocycles. The van der Waals surface area contributed by atoms with E-state index in [1.165, 1.54) is 5.57 Å². The summed E-state index contributed by atoms with van der Waals surface area (Å²) in [7, 11) is -2.16. The SMILES string of the molecule is COC1=CC2=CC[C@@H]3[C@H](CC[C@]4(C)C(=C(NC=O)S(=O)(=O)c5c(C)c(C)c(C)c(C)c5C)CC[C@@H]34)[C@@]2(C)CC1. The summed E-state index contributed by atoms with van der Waals surface area (Å²) in [4.78, 5) is 12.3. The van der Waals surface area contributed by atoms with E-state index in [0.717, 1.165) is 77.7 Å².